The standard InChI is InChI=1S/C22H22ClN5O2/c1-16(29)25-19-5-7-20(8-6-19)26-22(30)17(14-24)15-27-9-11-28(12-10-27)21-4-2-3-18(23)13-21/h2-8,13,15H,9-12H2,1H3,(H,25,29)(H,26,30)/b17-15-. The summed E-state index contributed by atoms with van der Waals surface area (Å²) < 4.78 is 0. The van der Waals surface area contributed by atoms with Crippen molar-refractivity contribution in [1.82, 2.24) is 4.90 Å². The summed E-state index contributed by atoms with van der Waals surface area (Å²) in [4.78, 5) is 27.7. The zero-order chi connectivity index (χ0) is 21.5. The van der Waals surface area contributed by atoms with Crippen molar-refractivity contribution in [3.8, 4) is 6.07 Å². The van der Waals surface area contributed by atoms with Gasteiger partial charge in [-0.3, -0.25) is 9.59 Å². The molecule has 0 aliphatic carbocycles. The van der Waals surface area contributed by atoms with Crippen LogP contribution in [0.3, 0.4) is 0 Å². The van der Waals surface area contributed by atoms with Crippen LogP contribution in [0.5, 0.6) is 0 Å². The molecule has 3 rings (SSSR count). The van der Waals surface area contributed by atoms with Crippen LogP contribution in [-0.4, -0.2) is 42.9 Å². The fourth-order valence-electron chi connectivity index (χ4n) is 3.14. The Labute approximate surface area is 180 Å². The van der Waals surface area contributed by atoms with Crippen molar-refractivity contribution in [2.75, 3.05) is 41.7 Å². The Morgan fingerprint density at radius 2 is 1.67 bits per heavy atom. The third-order valence-corrected chi connectivity index (χ3v) is 4.86. The van der Waals surface area contributed by atoms with Crippen LogP contribution < -0.4 is 15.5 Å². The molecular weight excluding hydrogens is 402 g/mol. The number of anilines is 3. The second-order valence-corrected chi connectivity index (χ2v) is 7.31. The van der Waals surface area contributed by atoms with Crippen LogP contribution >= 0.6 is 11.6 Å². The number of benzene rings is 2. The van der Waals surface area contributed by atoms with Crippen LogP contribution in [0.4, 0.5) is 17.1 Å². The highest BCUT2D eigenvalue weighted by atomic mass is 35.5. The van der Waals surface area contributed by atoms with Crippen molar-refractivity contribution in [2.45, 2.75) is 6.92 Å². The van der Waals surface area contributed by atoms with E-state index in [-0.39, 0.29) is 11.5 Å². The molecule has 0 atom stereocenters. The van der Waals surface area contributed by atoms with Gasteiger partial charge < -0.3 is 20.4 Å². The minimum Gasteiger partial charge on any atom is -0.373 e. The van der Waals surface area contributed by atoms with E-state index < -0.39 is 5.91 Å². The predicted octanol–water partition coefficient (Wildman–Crippen LogP) is 3.47. The lowest BCUT2D eigenvalue weighted by Crippen LogP contribution is -2.44. The molecule has 1 saturated heterocycles. The lowest BCUT2D eigenvalue weighted by Gasteiger charge is -2.35. The monoisotopic (exact) mass is 423 g/mol. The maximum absolute atomic E-state index is 12.5. The summed E-state index contributed by atoms with van der Waals surface area (Å²) >= 11 is 6.07. The Morgan fingerprint density at radius 3 is 2.23 bits per heavy atom. The molecule has 0 bridgehead atoms. The summed E-state index contributed by atoms with van der Waals surface area (Å²) in [6.07, 6.45) is 1.61. The predicted molar refractivity (Wildman–Crippen MR) is 118 cm³/mol. The molecule has 7 nitrogen and oxygen atoms in total. The zero-order valence-electron chi connectivity index (χ0n) is 16.6. The average molecular weight is 424 g/mol. The van der Waals surface area contributed by atoms with Gasteiger partial charge in [0.25, 0.3) is 5.91 Å². The molecule has 0 spiro atoms. The summed E-state index contributed by atoms with van der Waals surface area (Å²) in [7, 11) is 0. The van der Waals surface area contributed by atoms with E-state index >= 15 is 0 Å². The zero-order valence-corrected chi connectivity index (χ0v) is 17.3. The van der Waals surface area contributed by atoms with Gasteiger partial charge in [0.05, 0.1) is 0 Å². The summed E-state index contributed by atoms with van der Waals surface area (Å²) in [6.45, 7) is 4.34. The number of carbonyl (C=O) groups excluding carboxylic acids is 2. The van der Waals surface area contributed by atoms with Crippen molar-refractivity contribution in [1.29, 1.82) is 5.26 Å². The van der Waals surface area contributed by atoms with Gasteiger partial charge in [-0.05, 0) is 42.5 Å². The molecule has 0 aromatic heterocycles. The molecule has 8 heteroatoms. The number of nitrogens with zero attached hydrogens (tertiary/aromatic N) is 3. The fraction of sp³-hybridized carbons (Fsp3) is 0.227. The molecule has 154 valence electrons. The minimum absolute atomic E-state index is 0.0390. The summed E-state index contributed by atoms with van der Waals surface area (Å²) in [6, 6.07) is 16.4. The fourth-order valence-corrected chi connectivity index (χ4v) is 3.33. The third-order valence-electron chi connectivity index (χ3n) is 4.63. The van der Waals surface area contributed by atoms with Crippen LogP contribution in [0.2, 0.25) is 5.02 Å². The van der Waals surface area contributed by atoms with E-state index in [4.69, 9.17) is 11.6 Å². The quantitative estimate of drug-likeness (QED) is 0.568. The van der Waals surface area contributed by atoms with Gasteiger partial charge in [0.15, 0.2) is 0 Å². The van der Waals surface area contributed by atoms with Gasteiger partial charge in [0.1, 0.15) is 11.6 Å². The number of piperazine rings is 1. The average Bonchev–Trinajstić information content (AvgIpc) is 2.73. The van der Waals surface area contributed by atoms with E-state index in [1.165, 1.54) is 6.92 Å². The highest BCUT2D eigenvalue weighted by Crippen LogP contribution is 2.21. The normalized spacial score (nSPS) is 14.1. The van der Waals surface area contributed by atoms with Crippen LogP contribution in [0.25, 0.3) is 0 Å². The van der Waals surface area contributed by atoms with E-state index in [0.717, 1.165) is 18.8 Å². The molecule has 0 unspecified atom stereocenters. The largest absolute Gasteiger partial charge is 0.373 e. The molecule has 0 saturated carbocycles. The Balaban J connectivity index is 1.58. The molecule has 0 radical (unpaired) electrons. The van der Waals surface area contributed by atoms with Crippen LogP contribution in [0, 0.1) is 11.3 Å². The Morgan fingerprint density at radius 1 is 1.03 bits per heavy atom. The van der Waals surface area contributed by atoms with Crippen LogP contribution in [0.15, 0.2) is 60.3 Å². The molecule has 1 heterocycles. The van der Waals surface area contributed by atoms with Crippen molar-refractivity contribution in [3.63, 3.8) is 0 Å². The first-order valence-electron chi connectivity index (χ1n) is 9.50. The maximum Gasteiger partial charge on any atom is 0.267 e. The second-order valence-electron chi connectivity index (χ2n) is 6.87. The topological polar surface area (TPSA) is 88.5 Å². The van der Waals surface area contributed by atoms with E-state index in [1.54, 1.807) is 30.5 Å². The lowest BCUT2D eigenvalue weighted by atomic mass is 10.2. The molecule has 1 aliphatic rings. The lowest BCUT2D eigenvalue weighted by molar-refractivity contribution is -0.114. The van der Waals surface area contributed by atoms with E-state index in [0.29, 0.717) is 29.5 Å². The van der Waals surface area contributed by atoms with E-state index in [1.807, 2.05) is 35.2 Å². The Hall–Kier alpha value is -3.50. The highest BCUT2D eigenvalue weighted by Gasteiger charge is 2.18. The van der Waals surface area contributed by atoms with E-state index in [9.17, 15) is 14.9 Å². The first kappa shape index (κ1) is 21.2. The summed E-state index contributed by atoms with van der Waals surface area (Å²) in [5, 5.41) is 15.5. The van der Waals surface area contributed by atoms with Gasteiger partial charge in [-0.25, -0.2) is 0 Å². The van der Waals surface area contributed by atoms with Crippen molar-refractivity contribution < 1.29 is 9.59 Å². The molecular formula is C22H22ClN5O2. The summed E-state index contributed by atoms with van der Waals surface area (Å²) in [5.74, 6) is -0.640. The molecule has 2 aromatic rings. The van der Waals surface area contributed by atoms with Crippen molar-refractivity contribution in [3.05, 3.63) is 65.3 Å². The van der Waals surface area contributed by atoms with Gasteiger partial charge in [-0.1, -0.05) is 17.7 Å². The first-order valence-corrected chi connectivity index (χ1v) is 9.88. The highest BCUT2D eigenvalue weighted by molar-refractivity contribution is 6.30. The number of rotatable bonds is 5. The number of amides is 2. The third kappa shape index (κ3) is 5.75. The van der Waals surface area contributed by atoms with Gasteiger partial charge in [0.2, 0.25) is 5.91 Å². The van der Waals surface area contributed by atoms with Gasteiger partial charge in [-0.2, -0.15) is 5.26 Å². The van der Waals surface area contributed by atoms with Gasteiger partial charge in [0, 0.05) is 61.4 Å². The molecule has 2 amide bonds. The second kappa shape index (κ2) is 9.81. The number of carbonyl (C=O) groups is 2. The van der Waals surface area contributed by atoms with E-state index in [2.05, 4.69) is 15.5 Å². The van der Waals surface area contributed by atoms with Crippen LogP contribution in [0.1, 0.15) is 6.92 Å². The Bertz CT molecular complexity index is 989. The van der Waals surface area contributed by atoms with Crippen molar-refractivity contribution in [2.24, 2.45) is 0 Å². The summed E-state index contributed by atoms with van der Waals surface area (Å²) in [5.41, 5.74) is 2.28. The maximum atomic E-state index is 12.5. The molecule has 30 heavy (non-hydrogen) atoms. The Kier molecular flexibility index (Phi) is 6.94. The van der Waals surface area contributed by atoms with Gasteiger partial charge >= 0.3 is 0 Å². The smallest absolute Gasteiger partial charge is 0.267 e. The van der Waals surface area contributed by atoms with Crippen molar-refractivity contribution >= 4 is 40.5 Å². The number of hydrogen-bond acceptors (Lipinski definition) is 5. The molecule has 2 aromatic carbocycles. The number of nitrogens with one attached hydrogen (secondary N) is 2. The van der Waals surface area contributed by atoms with Gasteiger partial charge in [-0.15, -0.1) is 0 Å². The van der Waals surface area contributed by atoms with Crippen LogP contribution in [-0.2, 0) is 9.59 Å². The first-order chi connectivity index (χ1) is 14.4. The molecule has 1 fully saturated rings. The number of nitriles is 1. The number of halogens is 1. The molecule has 1 aliphatic heterocycles. The number of hydrogen-bond donors (Lipinski definition) is 2. The SMILES string of the molecule is CC(=O)Nc1ccc(NC(=O)/C(C#N)=C\N2CCN(c3cccc(Cl)c3)CC2)cc1. The molecule has 2 N–H and O–H groups in total. The minimum atomic E-state index is -0.470.